The van der Waals surface area contributed by atoms with Crippen LogP contribution in [0.25, 0.3) is 0 Å². The average Bonchev–Trinajstić information content (AvgIpc) is 3.32. The summed E-state index contributed by atoms with van der Waals surface area (Å²) in [5.41, 5.74) is 3.21. The van der Waals surface area contributed by atoms with Gasteiger partial charge in [0.25, 0.3) is 5.91 Å². The average molecular weight is 438 g/mol. The predicted octanol–water partition coefficient (Wildman–Crippen LogP) is 2.20. The maximum atomic E-state index is 12.9. The van der Waals surface area contributed by atoms with Crippen molar-refractivity contribution in [1.29, 1.82) is 0 Å². The van der Waals surface area contributed by atoms with Crippen LogP contribution in [-0.4, -0.2) is 30.5 Å². The topological polar surface area (TPSA) is 122 Å². The van der Waals surface area contributed by atoms with Crippen molar-refractivity contribution >= 4 is 29.6 Å². The fraction of sp³-hybridized carbons (Fsp3) is 0.0909. The Kier molecular flexibility index (Phi) is 7.68. The first-order chi connectivity index (χ1) is 15.5. The number of rotatable bonds is 8. The van der Waals surface area contributed by atoms with Crippen molar-refractivity contribution in [3.63, 3.8) is 0 Å². The van der Waals surface area contributed by atoms with Crippen molar-refractivity contribution in [1.82, 2.24) is 10.7 Å². The molecule has 164 valence electrons. The molecule has 0 bridgehead atoms. The molecule has 1 aromatic heterocycles. The number of nitrogens with zero attached hydrogens (tertiary/aromatic N) is 1. The molecule has 2 aromatic carbocycles. The van der Waals surface area contributed by atoms with E-state index in [-0.39, 0.29) is 13.2 Å². The van der Waals surface area contributed by atoms with Crippen molar-refractivity contribution in [3.8, 4) is 5.75 Å². The van der Waals surface area contributed by atoms with Crippen molar-refractivity contribution in [2.75, 3.05) is 11.9 Å². The summed E-state index contributed by atoms with van der Waals surface area (Å²) in [5.74, 6) is -1.59. The molecule has 0 aliphatic rings. The highest BCUT2D eigenvalue weighted by Crippen LogP contribution is 2.12. The molecule has 0 saturated carbocycles. The summed E-state index contributed by atoms with van der Waals surface area (Å²) in [6, 6.07) is 15.3. The molecular formula is C22H19FN4O5. The fourth-order valence-corrected chi connectivity index (χ4v) is 2.41. The maximum Gasteiger partial charge on any atom is 0.329 e. The molecule has 3 aromatic rings. The minimum atomic E-state index is -0.917. The molecule has 10 heteroatoms. The lowest BCUT2D eigenvalue weighted by molar-refractivity contribution is -0.139. The molecule has 0 unspecified atom stereocenters. The molecule has 0 fully saturated rings. The van der Waals surface area contributed by atoms with Crippen LogP contribution in [0.5, 0.6) is 5.75 Å². The van der Waals surface area contributed by atoms with Gasteiger partial charge in [-0.2, -0.15) is 5.10 Å². The van der Waals surface area contributed by atoms with Gasteiger partial charge in [0.1, 0.15) is 17.3 Å². The van der Waals surface area contributed by atoms with Gasteiger partial charge in [-0.25, -0.2) is 9.82 Å². The Morgan fingerprint density at radius 1 is 1.00 bits per heavy atom. The van der Waals surface area contributed by atoms with Crippen molar-refractivity contribution in [2.24, 2.45) is 5.10 Å². The van der Waals surface area contributed by atoms with E-state index in [9.17, 15) is 18.8 Å². The number of hydrogen-bond acceptors (Lipinski definition) is 6. The van der Waals surface area contributed by atoms with Crippen LogP contribution < -0.4 is 20.8 Å². The Labute approximate surface area is 182 Å². The van der Waals surface area contributed by atoms with E-state index in [1.54, 1.807) is 36.4 Å². The SMILES string of the molecule is O=C(COc1ccc(/C=N\NC(=O)C(=O)NCc2ccco2)cc1)Nc1ccc(F)cc1. The zero-order valence-corrected chi connectivity index (χ0v) is 16.7. The van der Waals surface area contributed by atoms with Gasteiger partial charge in [-0.05, 0) is 66.2 Å². The number of hydrazone groups is 1. The molecule has 3 rings (SSSR count). The number of furan rings is 1. The first-order valence-corrected chi connectivity index (χ1v) is 9.41. The minimum absolute atomic E-state index is 0.0896. The number of ether oxygens (including phenoxy) is 1. The van der Waals surface area contributed by atoms with E-state index in [2.05, 4.69) is 21.2 Å². The van der Waals surface area contributed by atoms with Gasteiger partial charge in [-0.1, -0.05) is 0 Å². The summed E-state index contributed by atoms with van der Waals surface area (Å²) in [4.78, 5) is 35.3. The number of amides is 3. The standard InChI is InChI=1S/C22H19FN4O5/c23-16-5-7-17(8-6-16)26-20(28)14-32-18-9-3-15(4-10-18)12-25-27-22(30)21(29)24-13-19-2-1-11-31-19/h1-12H,13-14H2,(H,24,29)(H,26,28)(H,27,30)/b25-12-. The summed E-state index contributed by atoms with van der Waals surface area (Å²) in [7, 11) is 0. The molecule has 0 aliphatic carbocycles. The van der Waals surface area contributed by atoms with E-state index in [0.29, 0.717) is 22.8 Å². The highest BCUT2D eigenvalue weighted by Gasteiger charge is 2.12. The number of hydrogen-bond donors (Lipinski definition) is 3. The molecule has 0 atom stereocenters. The molecule has 1 heterocycles. The Balaban J connectivity index is 1.39. The molecule has 32 heavy (non-hydrogen) atoms. The minimum Gasteiger partial charge on any atom is -0.484 e. The third-order valence-corrected chi connectivity index (χ3v) is 3.97. The van der Waals surface area contributed by atoms with Crippen LogP contribution in [0.1, 0.15) is 11.3 Å². The number of carbonyl (C=O) groups excluding carboxylic acids is 3. The first-order valence-electron chi connectivity index (χ1n) is 9.41. The molecule has 0 saturated heterocycles. The van der Waals surface area contributed by atoms with Gasteiger partial charge < -0.3 is 19.8 Å². The molecule has 3 amide bonds. The van der Waals surface area contributed by atoms with Crippen molar-refractivity contribution < 1.29 is 27.9 Å². The Bertz CT molecular complexity index is 1080. The molecule has 0 aliphatic heterocycles. The van der Waals surface area contributed by atoms with E-state index in [4.69, 9.17) is 9.15 Å². The van der Waals surface area contributed by atoms with E-state index >= 15 is 0 Å². The highest BCUT2D eigenvalue weighted by atomic mass is 19.1. The second-order valence-corrected chi connectivity index (χ2v) is 6.37. The Morgan fingerprint density at radius 2 is 1.75 bits per heavy atom. The Hall–Kier alpha value is -4.47. The van der Waals surface area contributed by atoms with Crippen LogP contribution in [0.15, 0.2) is 76.4 Å². The van der Waals surface area contributed by atoms with E-state index in [1.807, 2.05) is 0 Å². The van der Waals surface area contributed by atoms with Gasteiger partial charge in [-0.3, -0.25) is 14.4 Å². The van der Waals surface area contributed by atoms with Crippen molar-refractivity contribution in [2.45, 2.75) is 6.54 Å². The lowest BCUT2D eigenvalue weighted by Gasteiger charge is -2.07. The first kappa shape index (κ1) is 22.2. The van der Waals surface area contributed by atoms with Crippen LogP contribution in [0.2, 0.25) is 0 Å². The zero-order chi connectivity index (χ0) is 22.8. The van der Waals surface area contributed by atoms with Crippen LogP contribution >= 0.6 is 0 Å². The quantitative estimate of drug-likeness (QED) is 0.283. The summed E-state index contributed by atoms with van der Waals surface area (Å²) in [5, 5.41) is 8.71. The van der Waals surface area contributed by atoms with Gasteiger partial charge >= 0.3 is 11.8 Å². The molecule has 9 nitrogen and oxygen atoms in total. The smallest absolute Gasteiger partial charge is 0.329 e. The normalized spacial score (nSPS) is 10.5. The van der Waals surface area contributed by atoms with E-state index in [0.717, 1.165) is 0 Å². The van der Waals surface area contributed by atoms with Crippen LogP contribution in [-0.2, 0) is 20.9 Å². The zero-order valence-electron chi connectivity index (χ0n) is 16.7. The highest BCUT2D eigenvalue weighted by molar-refractivity contribution is 6.35. The molecular weight excluding hydrogens is 419 g/mol. The summed E-state index contributed by atoms with van der Waals surface area (Å²) in [6.45, 7) is -0.139. The van der Waals surface area contributed by atoms with Crippen molar-refractivity contribution in [3.05, 3.63) is 84.1 Å². The molecule has 3 N–H and O–H groups in total. The number of anilines is 1. The van der Waals surface area contributed by atoms with Crippen LogP contribution in [0.4, 0.5) is 10.1 Å². The number of halogens is 1. The summed E-state index contributed by atoms with van der Waals surface area (Å²) < 4.78 is 23.3. The van der Waals surface area contributed by atoms with E-state index < -0.39 is 23.5 Å². The van der Waals surface area contributed by atoms with Gasteiger partial charge in [0, 0.05) is 5.69 Å². The second-order valence-electron chi connectivity index (χ2n) is 6.37. The van der Waals surface area contributed by atoms with E-state index in [1.165, 1.54) is 36.7 Å². The third kappa shape index (κ3) is 7.10. The number of benzene rings is 2. The lowest BCUT2D eigenvalue weighted by atomic mass is 10.2. The second kappa shape index (κ2) is 11.1. The predicted molar refractivity (Wildman–Crippen MR) is 113 cm³/mol. The number of nitrogens with one attached hydrogen (secondary N) is 3. The largest absolute Gasteiger partial charge is 0.484 e. The lowest BCUT2D eigenvalue weighted by Crippen LogP contribution is -2.37. The van der Waals surface area contributed by atoms with Gasteiger partial charge in [-0.15, -0.1) is 0 Å². The summed E-state index contributed by atoms with van der Waals surface area (Å²) >= 11 is 0. The van der Waals surface area contributed by atoms with Crippen LogP contribution in [0, 0.1) is 5.82 Å². The Morgan fingerprint density at radius 3 is 2.44 bits per heavy atom. The molecule has 0 radical (unpaired) electrons. The van der Waals surface area contributed by atoms with Crippen LogP contribution in [0.3, 0.4) is 0 Å². The fourth-order valence-electron chi connectivity index (χ4n) is 2.41. The van der Waals surface area contributed by atoms with Gasteiger partial charge in [0.15, 0.2) is 6.61 Å². The third-order valence-electron chi connectivity index (χ3n) is 3.97. The summed E-state index contributed by atoms with van der Waals surface area (Å²) in [6.07, 6.45) is 2.81. The molecule has 0 spiro atoms. The maximum absolute atomic E-state index is 12.9. The monoisotopic (exact) mass is 438 g/mol. The van der Waals surface area contributed by atoms with Gasteiger partial charge in [0.2, 0.25) is 0 Å². The number of carbonyl (C=O) groups is 3. The van der Waals surface area contributed by atoms with Gasteiger partial charge in [0.05, 0.1) is 19.0 Å².